The minimum Gasteiger partial charge on any atom is -0.309 e. The van der Waals surface area contributed by atoms with E-state index in [9.17, 15) is 0 Å². The fourth-order valence-corrected chi connectivity index (χ4v) is 1.98. The third kappa shape index (κ3) is 2.96. The van der Waals surface area contributed by atoms with Crippen LogP contribution < -0.4 is 5.32 Å². The molecule has 0 aliphatic rings. The lowest BCUT2D eigenvalue weighted by atomic mass is 10.1. The maximum Gasteiger partial charge on any atom is 0.0783 e. The molecule has 2 aromatic rings. The van der Waals surface area contributed by atoms with Gasteiger partial charge in [0.05, 0.1) is 17.6 Å². The lowest BCUT2D eigenvalue weighted by Crippen LogP contribution is -2.23. The van der Waals surface area contributed by atoms with Crippen LogP contribution in [0.1, 0.15) is 30.7 Å². The molecule has 4 nitrogen and oxygen atoms in total. The van der Waals surface area contributed by atoms with Gasteiger partial charge in [-0.25, -0.2) is 4.68 Å². The maximum absolute atomic E-state index is 4.17. The van der Waals surface area contributed by atoms with Gasteiger partial charge in [0.2, 0.25) is 0 Å². The number of hydrogen-bond donors (Lipinski definition) is 1. The summed E-state index contributed by atoms with van der Waals surface area (Å²) >= 11 is 0. The van der Waals surface area contributed by atoms with Gasteiger partial charge in [-0.05, 0) is 37.1 Å². The molecular formula is C14H20N4. The second-order valence-corrected chi connectivity index (χ2v) is 5.02. The van der Waals surface area contributed by atoms with Crippen LogP contribution in [0.15, 0.2) is 24.4 Å². The maximum atomic E-state index is 4.17. The SMILES string of the molecule is Cc1cc(C)cc(-n2nncc2CNC(C)C)c1. The highest BCUT2D eigenvalue weighted by Crippen LogP contribution is 2.14. The molecule has 2 rings (SSSR count). The van der Waals surface area contributed by atoms with Crippen molar-refractivity contribution in [3.8, 4) is 5.69 Å². The van der Waals surface area contributed by atoms with Crippen molar-refractivity contribution in [1.82, 2.24) is 20.3 Å². The first kappa shape index (κ1) is 12.8. The molecule has 0 saturated carbocycles. The van der Waals surface area contributed by atoms with Gasteiger partial charge in [0.25, 0.3) is 0 Å². The average molecular weight is 244 g/mol. The lowest BCUT2D eigenvalue weighted by molar-refractivity contribution is 0.570. The number of hydrogen-bond acceptors (Lipinski definition) is 3. The number of benzene rings is 1. The molecule has 0 aliphatic carbocycles. The normalized spacial score (nSPS) is 11.2. The van der Waals surface area contributed by atoms with Crippen molar-refractivity contribution < 1.29 is 0 Å². The van der Waals surface area contributed by atoms with Gasteiger partial charge in [0, 0.05) is 12.6 Å². The minimum absolute atomic E-state index is 0.451. The molecule has 0 radical (unpaired) electrons. The molecule has 18 heavy (non-hydrogen) atoms. The van der Waals surface area contributed by atoms with Crippen molar-refractivity contribution in [3.63, 3.8) is 0 Å². The highest BCUT2D eigenvalue weighted by atomic mass is 15.4. The van der Waals surface area contributed by atoms with Gasteiger partial charge in [-0.1, -0.05) is 25.1 Å². The van der Waals surface area contributed by atoms with E-state index in [4.69, 9.17) is 0 Å². The summed E-state index contributed by atoms with van der Waals surface area (Å²) in [7, 11) is 0. The van der Waals surface area contributed by atoms with E-state index in [1.54, 1.807) is 0 Å². The Labute approximate surface area is 108 Å². The number of aryl methyl sites for hydroxylation is 2. The second-order valence-electron chi connectivity index (χ2n) is 5.02. The second kappa shape index (κ2) is 5.31. The summed E-state index contributed by atoms with van der Waals surface area (Å²) in [6, 6.07) is 6.86. The zero-order valence-electron chi connectivity index (χ0n) is 11.4. The molecule has 0 atom stereocenters. The molecule has 0 bridgehead atoms. The van der Waals surface area contributed by atoms with Gasteiger partial charge in [0.15, 0.2) is 0 Å². The van der Waals surface area contributed by atoms with Crippen LogP contribution in [-0.2, 0) is 6.54 Å². The van der Waals surface area contributed by atoms with E-state index in [1.165, 1.54) is 11.1 Å². The molecule has 0 saturated heterocycles. The van der Waals surface area contributed by atoms with Crippen LogP contribution in [0.25, 0.3) is 5.69 Å². The van der Waals surface area contributed by atoms with Gasteiger partial charge < -0.3 is 5.32 Å². The van der Waals surface area contributed by atoms with Crippen molar-refractivity contribution in [2.45, 2.75) is 40.3 Å². The van der Waals surface area contributed by atoms with Gasteiger partial charge in [-0.2, -0.15) is 0 Å². The topological polar surface area (TPSA) is 42.7 Å². The van der Waals surface area contributed by atoms with Crippen LogP contribution in [0.2, 0.25) is 0 Å². The molecule has 1 N–H and O–H groups in total. The van der Waals surface area contributed by atoms with Crippen LogP contribution >= 0.6 is 0 Å². The Balaban J connectivity index is 2.30. The number of nitrogens with one attached hydrogen (secondary N) is 1. The number of aromatic nitrogens is 3. The molecule has 0 amide bonds. The van der Waals surface area contributed by atoms with Gasteiger partial charge in [-0.15, -0.1) is 5.10 Å². The monoisotopic (exact) mass is 244 g/mol. The third-order valence-corrected chi connectivity index (χ3v) is 2.76. The first-order valence-corrected chi connectivity index (χ1v) is 6.28. The van der Waals surface area contributed by atoms with Gasteiger partial charge in [-0.3, -0.25) is 0 Å². The predicted octanol–water partition coefficient (Wildman–Crippen LogP) is 2.38. The van der Waals surface area contributed by atoms with Gasteiger partial charge in [0.1, 0.15) is 0 Å². The van der Waals surface area contributed by atoms with Crippen molar-refractivity contribution in [2.24, 2.45) is 0 Å². The molecule has 1 aromatic carbocycles. The highest BCUT2D eigenvalue weighted by molar-refractivity contribution is 5.39. The lowest BCUT2D eigenvalue weighted by Gasteiger charge is -2.10. The standard InChI is InChI=1S/C14H20N4/c1-10(2)15-8-14-9-16-17-18(14)13-6-11(3)5-12(4)7-13/h5-7,9-10,15H,8H2,1-4H3. The summed E-state index contributed by atoms with van der Waals surface area (Å²) in [5, 5.41) is 11.6. The largest absolute Gasteiger partial charge is 0.309 e. The van der Waals surface area contributed by atoms with E-state index < -0.39 is 0 Å². The zero-order chi connectivity index (χ0) is 13.1. The summed E-state index contributed by atoms with van der Waals surface area (Å²) in [6.07, 6.45) is 1.81. The first-order valence-electron chi connectivity index (χ1n) is 6.28. The van der Waals surface area contributed by atoms with E-state index in [-0.39, 0.29) is 0 Å². The van der Waals surface area contributed by atoms with Crippen LogP contribution in [0.3, 0.4) is 0 Å². The van der Waals surface area contributed by atoms with E-state index in [0.717, 1.165) is 17.9 Å². The Hall–Kier alpha value is -1.68. The highest BCUT2D eigenvalue weighted by Gasteiger charge is 2.07. The molecule has 0 unspecified atom stereocenters. The quantitative estimate of drug-likeness (QED) is 0.898. The Morgan fingerprint density at radius 3 is 2.44 bits per heavy atom. The number of nitrogens with zero attached hydrogens (tertiary/aromatic N) is 3. The summed E-state index contributed by atoms with van der Waals surface area (Å²) in [6.45, 7) is 9.23. The third-order valence-electron chi connectivity index (χ3n) is 2.76. The predicted molar refractivity (Wildman–Crippen MR) is 72.8 cm³/mol. The van der Waals surface area contributed by atoms with Gasteiger partial charge >= 0.3 is 0 Å². The molecule has 1 heterocycles. The molecule has 0 spiro atoms. The Morgan fingerprint density at radius 2 is 1.83 bits per heavy atom. The van der Waals surface area contributed by atoms with Crippen molar-refractivity contribution in [2.75, 3.05) is 0 Å². The average Bonchev–Trinajstić information content (AvgIpc) is 2.72. The Morgan fingerprint density at radius 1 is 1.17 bits per heavy atom. The summed E-state index contributed by atoms with van der Waals surface area (Å²) in [5.41, 5.74) is 4.63. The van der Waals surface area contributed by atoms with Crippen molar-refractivity contribution in [1.29, 1.82) is 0 Å². The van der Waals surface area contributed by atoms with Crippen molar-refractivity contribution in [3.05, 3.63) is 41.2 Å². The van der Waals surface area contributed by atoms with Crippen molar-refractivity contribution >= 4 is 0 Å². The molecular weight excluding hydrogens is 224 g/mol. The zero-order valence-corrected chi connectivity index (χ0v) is 11.4. The van der Waals surface area contributed by atoms with Crippen LogP contribution in [0, 0.1) is 13.8 Å². The molecule has 4 heteroatoms. The molecule has 0 aliphatic heterocycles. The summed E-state index contributed by atoms with van der Waals surface area (Å²) in [4.78, 5) is 0. The van der Waals surface area contributed by atoms with Crippen LogP contribution in [-0.4, -0.2) is 21.0 Å². The fourth-order valence-electron chi connectivity index (χ4n) is 1.98. The van der Waals surface area contributed by atoms with Crippen LogP contribution in [0.4, 0.5) is 0 Å². The summed E-state index contributed by atoms with van der Waals surface area (Å²) in [5.74, 6) is 0. The minimum atomic E-state index is 0.451. The van der Waals surface area contributed by atoms with Crippen LogP contribution in [0.5, 0.6) is 0 Å². The Kier molecular flexibility index (Phi) is 3.77. The molecule has 1 aromatic heterocycles. The number of rotatable bonds is 4. The molecule has 0 fully saturated rings. The summed E-state index contributed by atoms with van der Waals surface area (Å²) < 4.78 is 1.90. The van der Waals surface area contributed by atoms with E-state index in [0.29, 0.717) is 6.04 Å². The molecule has 96 valence electrons. The first-order chi connectivity index (χ1) is 8.56. The van der Waals surface area contributed by atoms with E-state index >= 15 is 0 Å². The smallest absolute Gasteiger partial charge is 0.0783 e. The van der Waals surface area contributed by atoms with E-state index in [1.807, 2.05) is 10.9 Å². The van der Waals surface area contributed by atoms with E-state index in [2.05, 4.69) is 61.5 Å². The fraction of sp³-hybridized carbons (Fsp3) is 0.429. The Bertz CT molecular complexity index is 508.